The van der Waals surface area contributed by atoms with E-state index in [1.165, 1.54) is 95.2 Å². The van der Waals surface area contributed by atoms with Gasteiger partial charge in [-0.15, -0.1) is 0 Å². The van der Waals surface area contributed by atoms with E-state index in [9.17, 15) is 43.5 Å². The standard InChI is InChI=1S/C63H109N13O13/c1-24-43-57(83)70(17)42(16)56(82)71(18)45(31-35(4)5)54(80)68-48(38(10)11)60(86)72(19)44(30-34(2)3)53(79)66-41(15)52(78)69-63(88)74(21)47(33-37(8)9)58(84)73(20)46(32-36(6)7)59(85)75(22)49(39(12)13)61(87)76(23)50(55(81)67-43)51(77)40(14)26-29-89-62-64-27-25-28-65-62/h25,27-28,34-51,77H,24,26,29-33H2,1-23H3,(H,66,79)(H,67,81)(H,68,80)(H,69,78,88)/t40-,41+,42-,43-,44+,45+,46-,47-,48?,49-,50+,51-/m1/s1. The predicted octanol–water partition coefficient (Wildman–Crippen LogP) is 3.16. The van der Waals surface area contributed by atoms with Crippen molar-refractivity contribution in [2.45, 2.75) is 216 Å². The largest absolute Gasteiger partial charge is 0.463 e. The Bertz CT molecular complexity index is 2570. The molecule has 504 valence electrons. The molecule has 5 N–H and O–H groups in total. The minimum absolute atomic E-state index is 0.00735. The van der Waals surface area contributed by atoms with E-state index in [2.05, 4.69) is 31.2 Å². The number of imide groups is 1. The molecule has 1 aliphatic rings. The first kappa shape index (κ1) is 78.1. The topological polar surface area (TPSA) is 314 Å². The molecular formula is C63H109N13O13. The highest BCUT2D eigenvalue weighted by molar-refractivity contribution is 6.02. The van der Waals surface area contributed by atoms with Crippen LogP contribution in [0.2, 0.25) is 0 Å². The number of aliphatic hydroxyl groups is 1. The summed E-state index contributed by atoms with van der Waals surface area (Å²) in [6.45, 7) is 27.7. The highest BCUT2D eigenvalue weighted by Gasteiger charge is 2.46. The lowest BCUT2D eigenvalue weighted by atomic mass is 9.91. The lowest BCUT2D eigenvalue weighted by molar-refractivity contribution is -0.157. The number of rotatable bonds is 17. The smallest absolute Gasteiger partial charge is 0.324 e. The van der Waals surface area contributed by atoms with Crippen LogP contribution in [0.25, 0.3) is 0 Å². The molecule has 2 rings (SSSR count). The number of nitrogens with zero attached hydrogens (tertiary/aromatic N) is 9. The Kier molecular flexibility index (Phi) is 31.1. The van der Waals surface area contributed by atoms with E-state index < -0.39 is 149 Å². The molecule has 1 fully saturated rings. The Balaban J connectivity index is 3.00. The molecule has 0 bridgehead atoms. The van der Waals surface area contributed by atoms with Crippen molar-refractivity contribution in [1.29, 1.82) is 0 Å². The third-order valence-corrected chi connectivity index (χ3v) is 16.6. The van der Waals surface area contributed by atoms with Crippen LogP contribution in [0.1, 0.15) is 149 Å². The van der Waals surface area contributed by atoms with Gasteiger partial charge in [-0.3, -0.25) is 53.3 Å². The molecule has 0 aliphatic carbocycles. The predicted molar refractivity (Wildman–Crippen MR) is 337 cm³/mol. The monoisotopic (exact) mass is 1260 g/mol. The quantitative estimate of drug-likeness (QED) is 0.150. The molecule has 12 atom stereocenters. The molecule has 1 aliphatic heterocycles. The number of amides is 12. The molecule has 26 heteroatoms. The zero-order valence-corrected chi connectivity index (χ0v) is 57.4. The van der Waals surface area contributed by atoms with E-state index in [1.54, 1.807) is 47.6 Å². The number of urea groups is 1. The molecule has 26 nitrogen and oxygen atoms in total. The van der Waals surface area contributed by atoms with Gasteiger partial charge in [-0.25, -0.2) is 14.8 Å². The van der Waals surface area contributed by atoms with Crippen LogP contribution in [0.3, 0.4) is 0 Å². The van der Waals surface area contributed by atoms with E-state index in [1.807, 2.05) is 55.4 Å². The maximum atomic E-state index is 15.3. The minimum atomic E-state index is -1.71. The molecule has 1 aromatic heterocycles. The normalized spacial score (nSPS) is 25.9. The number of carbonyl (C=O) groups excluding carboxylic acids is 11. The molecule has 0 aromatic carbocycles. The van der Waals surface area contributed by atoms with Crippen molar-refractivity contribution >= 4 is 65.1 Å². The first-order chi connectivity index (χ1) is 41.2. The first-order valence-corrected chi connectivity index (χ1v) is 31.4. The number of nitrogens with one attached hydrogen (secondary N) is 4. The van der Waals surface area contributed by atoms with Crippen molar-refractivity contribution in [2.75, 3.05) is 55.9 Å². The van der Waals surface area contributed by atoms with Gasteiger partial charge in [-0.1, -0.05) is 96.9 Å². The van der Waals surface area contributed by atoms with Crippen molar-refractivity contribution in [1.82, 2.24) is 65.5 Å². The van der Waals surface area contributed by atoms with Crippen LogP contribution in [-0.4, -0.2) is 237 Å². The minimum Gasteiger partial charge on any atom is -0.463 e. The van der Waals surface area contributed by atoms with Crippen LogP contribution in [0.15, 0.2) is 18.5 Å². The van der Waals surface area contributed by atoms with E-state index in [0.29, 0.717) is 0 Å². The lowest BCUT2D eigenvalue weighted by Crippen LogP contribution is -2.64. The maximum Gasteiger partial charge on any atom is 0.324 e. The molecule has 0 spiro atoms. The molecule has 12 amide bonds. The van der Waals surface area contributed by atoms with Crippen molar-refractivity contribution in [2.24, 2.45) is 41.4 Å². The van der Waals surface area contributed by atoms with E-state index in [0.717, 1.165) is 14.7 Å². The van der Waals surface area contributed by atoms with E-state index in [-0.39, 0.29) is 74.8 Å². The summed E-state index contributed by atoms with van der Waals surface area (Å²) in [4.78, 5) is 177. The van der Waals surface area contributed by atoms with Gasteiger partial charge in [0.05, 0.1) is 12.7 Å². The SMILES string of the molecule is CC[C@H]1NC(=O)[C@H]([C@H](O)[C@H](C)CCOc2ncccn2)N(C)C(=O)[C@@H](C(C)C)N(C)C(=O)[C@@H](CC(C)C)N(C)C(=O)[C@@H](CC(C)C)N(C)C(=O)NC(=O)[C@H](C)NC(=O)[C@H](CC(C)C)N(C)C(=O)C(C(C)C)NC(=O)[C@H](CC(C)C)N(C)C(=O)[C@@H](C)N(C)C1=O. The molecule has 0 saturated carbocycles. The summed E-state index contributed by atoms with van der Waals surface area (Å²) < 4.78 is 5.73. The summed E-state index contributed by atoms with van der Waals surface area (Å²) >= 11 is 0. The number of carbonyl (C=O) groups is 11. The summed E-state index contributed by atoms with van der Waals surface area (Å²) in [6, 6.07) is -12.3. The molecule has 1 aromatic rings. The van der Waals surface area contributed by atoms with Crippen molar-refractivity contribution in [3.8, 4) is 6.01 Å². The summed E-state index contributed by atoms with van der Waals surface area (Å²) in [5, 5.41) is 22.9. The van der Waals surface area contributed by atoms with Crippen LogP contribution in [-0.2, 0) is 47.9 Å². The van der Waals surface area contributed by atoms with Gasteiger partial charge < -0.3 is 60.1 Å². The zero-order valence-electron chi connectivity index (χ0n) is 57.4. The van der Waals surface area contributed by atoms with Crippen LogP contribution in [0.5, 0.6) is 6.01 Å². The Labute approximate surface area is 529 Å². The van der Waals surface area contributed by atoms with Crippen molar-refractivity contribution in [3.05, 3.63) is 18.5 Å². The summed E-state index contributed by atoms with van der Waals surface area (Å²) in [5.74, 6) is -10.1. The maximum absolute atomic E-state index is 15.3. The van der Waals surface area contributed by atoms with Gasteiger partial charge in [0.1, 0.15) is 60.4 Å². The highest BCUT2D eigenvalue weighted by atomic mass is 16.5. The second-order valence-corrected chi connectivity index (χ2v) is 26.6. The second kappa shape index (κ2) is 35.4. The first-order valence-electron chi connectivity index (χ1n) is 31.4. The van der Waals surface area contributed by atoms with E-state index >= 15 is 14.4 Å². The number of aromatic nitrogens is 2. The summed E-state index contributed by atoms with van der Waals surface area (Å²) in [5.41, 5.74) is 0. The average Bonchev–Trinajstić information content (AvgIpc) is 3.47. The summed E-state index contributed by atoms with van der Waals surface area (Å²) in [6.07, 6.45) is 1.91. The van der Waals surface area contributed by atoms with Gasteiger partial charge in [0, 0.05) is 61.7 Å². The number of likely N-dealkylation sites (N-methyl/N-ethyl adjacent to an activating group) is 7. The zero-order chi connectivity index (χ0) is 68.4. The second-order valence-electron chi connectivity index (χ2n) is 26.6. The number of hydrogen-bond donors (Lipinski definition) is 5. The van der Waals surface area contributed by atoms with Crippen LogP contribution in [0.4, 0.5) is 4.79 Å². The summed E-state index contributed by atoms with van der Waals surface area (Å²) in [7, 11) is 9.68. The van der Waals surface area contributed by atoms with Gasteiger partial charge in [0.2, 0.25) is 59.1 Å². The molecule has 2 heterocycles. The highest BCUT2D eigenvalue weighted by Crippen LogP contribution is 2.26. The fourth-order valence-electron chi connectivity index (χ4n) is 10.9. The third kappa shape index (κ3) is 21.6. The Morgan fingerprint density at radius 2 is 0.921 bits per heavy atom. The molecule has 1 unspecified atom stereocenters. The Morgan fingerprint density at radius 3 is 1.39 bits per heavy atom. The van der Waals surface area contributed by atoms with Crippen molar-refractivity contribution < 1.29 is 62.6 Å². The molecular weight excluding hydrogens is 1150 g/mol. The molecule has 1 saturated heterocycles. The van der Waals surface area contributed by atoms with Gasteiger partial charge in [0.25, 0.3) is 0 Å². The molecule has 89 heavy (non-hydrogen) atoms. The van der Waals surface area contributed by atoms with Crippen LogP contribution < -0.4 is 26.0 Å². The Morgan fingerprint density at radius 1 is 0.483 bits per heavy atom. The lowest BCUT2D eigenvalue weighted by Gasteiger charge is -2.41. The number of hydrogen-bond acceptors (Lipinski definition) is 15. The molecule has 0 radical (unpaired) electrons. The fraction of sp³-hybridized carbons (Fsp3) is 0.762. The van der Waals surface area contributed by atoms with Gasteiger partial charge in [-0.2, -0.15) is 0 Å². The van der Waals surface area contributed by atoms with Crippen LogP contribution in [0, 0.1) is 41.4 Å². The van der Waals surface area contributed by atoms with Crippen molar-refractivity contribution in [3.63, 3.8) is 0 Å². The van der Waals surface area contributed by atoms with Gasteiger partial charge in [-0.05, 0) is 99.9 Å². The van der Waals surface area contributed by atoms with E-state index in [4.69, 9.17) is 4.74 Å². The van der Waals surface area contributed by atoms with Gasteiger partial charge in [0.15, 0.2) is 0 Å². The van der Waals surface area contributed by atoms with Gasteiger partial charge >= 0.3 is 12.0 Å². The Hall–Kier alpha value is -6.99. The fourth-order valence-corrected chi connectivity index (χ4v) is 10.9. The average molecular weight is 1260 g/mol. The third-order valence-electron chi connectivity index (χ3n) is 16.6. The number of aliphatic hydroxyl groups excluding tert-OH is 1. The number of ether oxygens (including phenoxy) is 1. The van der Waals surface area contributed by atoms with Crippen LogP contribution >= 0.6 is 0 Å².